The van der Waals surface area contributed by atoms with E-state index in [0.717, 1.165) is 12.8 Å². The van der Waals surface area contributed by atoms with Crippen molar-refractivity contribution >= 4 is 8.32 Å². The topological polar surface area (TPSA) is 35.2 Å². The summed E-state index contributed by atoms with van der Waals surface area (Å²) in [6.07, 6.45) is 3.84. The molecule has 3 atom stereocenters. The van der Waals surface area contributed by atoms with Gasteiger partial charge in [-0.2, -0.15) is 0 Å². The minimum absolute atomic E-state index is 0.355. The fraction of sp³-hybridized carbons (Fsp3) is 1.00. The van der Waals surface area contributed by atoms with Gasteiger partial charge in [-0.1, -0.05) is 54.9 Å². The summed E-state index contributed by atoms with van der Waals surface area (Å²) in [4.78, 5) is 0. The van der Waals surface area contributed by atoms with E-state index in [0.29, 0.717) is 34.7 Å². The van der Waals surface area contributed by atoms with Gasteiger partial charge in [0, 0.05) is 12.1 Å². The van der Waals surface area contributed by atoms with Gasteiger partial charge in [-0.05, 0) is 35.4 Å². The van der Waals surface area contributed by atoms with E-state index in [1.807, 2.05) is 0 Å². The van der Waals surface area contributed by atoms with Gasteiger partial charge in [-0.25, -0.2) is 0 Å². The molecule has 0 amide bonds. The molecule has 0 unspecified atom stereocenters. The van der Waals surface area contributed by atoms with Crippen molar-refractivity contribution in [2.45, 2.75) is 96.5 Å². The molecule has 1 rings (SSSR count). The second kappa shape index (κ2) is 6.73. The van der Waals surface area contributed by atoms with E-state index in [1.165, 1.54) is 6.42 Å². The highest BCUT2D eigenvalue weighted by atomic mass is 28.4. The van der Waals surface area contributed by atoms with Gasteiger partial charge < -0.3 is 10.2 Å². The van der Waals surface area contributed by atoms with E-state index in [9.17, 15) is 0 Å². The lowest BCUT2D eigenvalue weighted by atomic mass is 10.0. The van der Waals surface area contributed by atoms with Crippen LogP contribution in [0.4, 0.5) is 0 Å². The molecule has 2 nitrogen and oxygen atoms in total. The van der Waals surface area contributed by atoms with Crippen molar-refractivity contribution in [2.75, 3.05) is 0 Å². The molecule has 0 radical (unpaired) electrons. The van der Waals surface area contributed by atoms with Crippen molar-refractivity contribution in [1.29, 1.82) is 0 Å². The van der Waals surface area contributed by atoms with Crippen LogP contribution >= 0.6 is 0 Å². The monoisotopic (exact) mass is 285 g/mol. The van der Waals surface area contributed by atoms with Crippen LogP contribution in [0.1, 0.15) is 67.7 Å². The van der Waals surface area contributed by atoms with E-state index in [4.69, 9.17) is 10.2 Å². The van der Waals surface area contributed by atoms with Gasteiger partial charge in [-0.3, -0.25) is 0 Å². The Morgan fingerprint density at radius 1 is 1.00 bits per heavy atom. The van der Waals surface area contributed by atoms with Crippen molar-refractivity contribution in [3.8, 4) is 0 Å². The van der Waals surface area contributed by atoms with Crippen molar-refractivity contribution in [3.05, 3.63) is 0 Å². The normalized spacial score (nSPS) is 28.9. The first-order valence-electron chi connectivity index (χ1n) is 8.18. The molecule has 3 heteroatoms. The maximum atomic E-state index is 6.92. The van der Waals surface area contributed by atoms with Crippen molar-refractivity contribution < 1.29 is 4.43 Å². The molecule has 0 aromatic heterocycles. The summed E-state index contributed by atoms with van der Waals surface area (Å²) >= 11 is 0. The molecule has 0 aromatic carbocycles. The van der Waals surface area contributed by atoms with Crippen molar-refractivity contribution in [3.63, 3.8) is 0 Å². The Kier molecular flexibility index (Phi) is 6.09. The zero-order valence-electron chi connectivity index (χ0n) is 14.1. The summed E-state index contributed by atoms with van der Waals surface area (Å²) in [6.45, 7) is 16.5. The average Bonchev–Trinajstić information content (AvgIpc) is 2.64. The Morgan fingerprint density at radius 2 is 1.47 bits per heavy atom. The van der Waals surface area contributed by atoms with Crippen LogP contribution in [0.3, 0.4) is 0 Å². The fourth-order valence-electron chi connectivity index (χ4n) is 4.37. The molecule has 19 heavy (non-hydrogen) atoms. The number of hydrogen-bond acceptors (Lipinski definition) is 2. The van der Waals surface area contributed by atoms with Crippen molar-refractivity contribution in [1.82, 2.24) is 0 Å². The maximum Gasteiger partial charge on any atom is 0.200 e. The Labute approximate surface area is 121 Å². The first-order valence-corrected chi connectivity index (χ1v) is 10.3. The summed E-state index contributed by atoms with van der Waals surface area (Å²) in [5, 5.41) is 0. The first kappa shape index (κ1) is 17.2. The quantitative estimate of drug-likeness (QED) is 0.718. The molecule has 1 fully saturated rings. The second-order valence-corrected chi connectivity index (χ2v) is 12.8. The largest absolute Gasteiger partial charge is 0.413 e. The van der Waals surface area contributed by atoms with Gasteiger partial charge in [0.15, 0.2) is 0 Å². The zero-order chi connectivity index (χ0) is 14.8. The summed E-state index contributed by atoms with van der Waals surface area (Å²) in [5.74, 6) is 0.679. The predicted molar refractivity (Wildman–Crippen MR) is 86.9 cm³/mol. The van der Waals surface area contributed by atoms with Gasteiger partial charge in [0.25, 0.3) is 0 Å². The van der Waals surface area contributed by atoms with E-state index < -0.39 is 8.32 Å². The predicted octanol–water partition coefficient (Wildman–Crippen LogP) is 4.69. The van der Waals surface area contributed by atoms with E-state index >= 15 is 0 Å². The molecule has 0 bridgehead atoms. The smallest absolute Gasteiger partial charge is 0.200 e. The Hall–Kier alpha value is 0.137. The van der Waals surface area contributed by atoms with Crippen molar-refractivity contribution in [2.24, 2.45) is 11.7 Å². The van der Waals surface area contributed by atoms with Gasteiger partial charge in [0.2, 0.25) is 8.32 Å². The lowest BCUT2D eigenvalue weighted by Gasteiger charge is -2.45. The lowest BCUT2D eigenvalue weighted by Crippen LogP contribution is -2.50. The van der Waals surface area contributed by atoms with Crippen LogP contribution in [0.25, 0.3) is 0 Å². The van der Waals surface area contributed by atoms with E-state index in [1.54, 1.807) is 0 Å². The van der Waals surface area contributed by atoms with Gasteiger partial charge >= 0.3 is 0 Å². The van der Waals surface area contributed by atoms with Crippen LogP contribution in [0.2, 0.25) is 16.6 Å². The molecule has 0 heterocycles. The lowest BCUT2D eigenvalue weighted by molar-refractivity contribution is 0.132. The summed E-state index contributed by atoms with van der Waals surface area (Å²) < 4.78 is 6.92. The second-order valence-electron chi connectivity index (χ2n) is 7.37. The van der Waals surface area contributed by atoms with Crippen LogP contribution < -0.4 is 5.73 Å². The molecule has 114 valence electrons. The highest BCUT2D eigenvalue weighted by Crippen LogP contribution is 2.45. The summed E-state index contributed by atoms with van der Waals surface area (Å²) in [7, 11) is -1.74. The van der Waals surface area contributed by atoms with Gasteiger partial charge in [-0.15, -0.1) is 0 Å². The molecule has 1 aliphatic carbocycles. The third kappa shape index (κ3) is 3.42. The molecule has 0 saturated heterocycles. The third-order valence-corrected chi connectivity index (χ3v) is 11.4. The SMILES string of the molecule is CC[C@H]1C[C@@H](N)C[C@@H]1O[Si](C(C)C)(C(C)C)C(C)C. The Morgan fingerprint density at radius 3 is 1.84 bits per heavy atom. The summed E-state index contributed by atoms with van der Waals surface area (Å²) in [6, 6.07) is 0.355. The molecule has 0 spiro atoms. The first-order chi connectivity index (χ1) is 8.75. The van der Waals surface area contributed by atoms with Crippen LogP contribution in [-0.2, 0) is 4.43 Å². The molecule has 1 saturated carbocycles. The molecular weight excluding hydrogens is 250 g/mol. The van der Waals surface area contributed by atoms with Crippen LogP contribution in [0.15, 0.2) is 0 Å². The number of nitrogens with two attached hydrogens (primary N) is 1. The fourth-order valence-corrected chi connectivity index (χ4v) is 10.0. The molecule has 2 N–H and O–H groups in total. The van der Waals surface area contributed by atoms with E-state index in [2.05, 4.69) is 48.5 Å². The van der Waals surface area contributed by atoms with Crippen LogP contribution in [0, 0.1) is 5.92 Å². The molecule has 0 aliphatic heterocycles. The minimum atomic E-state index is -1.74. The molecule has 1 aliphatic rings. The third-order valence-electron chi connectivity index (χ3n) is 5.25. The number of hydrogen-bond donors (Lipinski definition) is 1. The maximum absolute atomic E-state index is 6.92. The van der Waals surface area contributed by atoms with Gasteiger partial charge in [0.1, 0.15) is 0 Å². The Balaban J connectivity index is 2.94. The highest BCUT2D eigenvalue weighted by Gasteiger charge is 2.48. The average molecular weight is 286 g/mol. The van der Waals surface area contributed by atoms with Gasteiger partial charge in [0.05, 0.1) is 0 Å². The number of rotatable bonds is 6. The molecule has 0 aromatic rings. The molecular formula is C16H35NOSi. The summed E-state index contributed by atoms with van der Waals surface area (Å²) in [5.41, 5.74) is 8.18. The zero-order valence-corrected chi connectivity index (χ0v) is 15.1. The highest BCUT2D eigenvalue weighted by molar-refractivity contribution is 6.77. The van der Waals surface area contributed by atoms with Crippen LogP contribution in [-0.4, -0.2) is 20.5 Å². The van der Waals surface area contributed by atoms with Crippen LogP contribution in [0.5, 0.6) is 0 Å². The standard InChI is InChI=1S/C16H35NOSi/c1-8-14-9-15(17)10-16(14)18-19(11(2)3,12(4)5)13(6)7/h11-16H,8-10,17H2,1-7H3/t14-,15+,16-/m0/s1. The Bertz CT molecular complexity index is 256. The minimum Gasteiger partial charge on any atom is -0.413 e. The van der Waals surface area contributed by atoms with E-state index in [-0.39, 0.29) is 0 Å².